The first-order valence-electron chi connectivity index (χ1n) is 6.15. The second-order valence-corrected chi connectivity index (χ2v) is 6.20. The number of carbonyl (C=O) groups excluding carboxylic acids is 2. The zero-order valence-corrected chi connectivity index (χ0v) is 12.6. The minimum Gasteiger partial charge on any atom is -0.456 e. The Morgan fingerprint density at radius 1 is 0.950 bits per heavy atom. The highest BCUT2D eigenvalue weighted by molar-refractivity contribution is 6.01. The van der Waals surface area contributed by atoms with Gasteiger partial charge in [-0.25, -0.2) is 9.59 Å². The van der Waals surface area contributed by atoms with Gasteiger partial charge in [0, 0.05) is 0 Å². The quantitative estimate of drug-likeness (QED) is 0.763. The molecule has 1 aromatic heterocycles. The molecule has 7 nitrogen and oxygen atoms in total. The second kappa shape index (κ2) is 5.52. The molecule has 0 unspecified atom stereocenters. The average Bonchev–Trinajstić information content (AvgIpc) is 2.24. The van der Waals surface area contributed by atoms with Crippen molar-refractivity contribution in [2.75, 3.05) is 0 Å². The summed E-state index contributed by atoms with van der Waals surface area (Å²) in [5, 5.41) is 10.4. The molecule has 0 aliphatic rings. The highest BCUT2D eigenvalue weighted by atomic mass is 16.6. The number of esters is 2. The van der Waals surface area contributed by atoms with Gasteiger partial charge in [0.25, 0.3) is 0 Å². The van der Waals surface area contributed by atoms with Crippen LogP contribution in [-0.4, -0.2) is 38.6 Å². The van der Waals surface area contributed by atoms with Crippen molar-refractivity contribution in [3.8, 4) is 0 Å². The largest absolute Gasteiger partial charge is 0.456 e. The van der Waals surface area contributed by atoms with Crippen LogP contribution >= 0.6 is 0 Å². The predicted molar refractivity (Wildman–Crippen MR) is 70.2 cm³/mol. The van der Waals surface area contributed by atoms with Gasteiger partial charge in [-0.3, -0.25) is 0 Å². The molecule has 0 spiro atoms. The van der Waals surface area contributed by atoms with E-state index in [0.29, 0.717) is 0 Å². The maximum atomic E-state index is 12.0. The molecular formula is C13H19N3O4. The first-order chi connectivity index (χ1) is 8.99. The van der Waals surface area contributed by atoms with Gasteiger partial charge in [0.05, 0.1) is 6.20 Å². The van der Waals surface area contributed by atoms with Crippen LogP contribution in [0.5, 0.6) is 0 Å². The van der Waals surface area contributed by atoms with E-state index in [0.717, 1.165) is 6.20 Å². The van der Waals surface area contributed by atoms with Crippen molar-refractivity contribution in [1.29, 1.82) is 0 Å². The summed E-state index contributed by atoms with van der Waals surface area (Å²) in [5.41, 5.74) is -1.66. The zero-order chi connectivity index (χ0) is 15.6. The van der Waals surface area contributed by atoms with Gasteiger partial charge in [-0.15, -0.1) is 10.2 Å². The number of carbonyl (C=O) groups is 2. The van der Waals surface area contributed by atoms with Gasteiger partial charge in [0.2, 0.25) is 0 Å². The lowest BCUT2D eigenvalue weighted by atomic mass is 10.1. The van der Waals surface area contributed by atoms with Crippen molar-refractivity contribution in [2.45, 2.75) is 52.7 Å². The van der Waals surface area contributed by atoms with Crippen LogP contribution < -0.4 is 0 Å². The van der Waals surface area contributed by atoms with Crippen LogP contribution in [0, 0.1) is 0 Å². The van der Waals surface area contributed by atoms with E-state index in [1.807, 2.05) is 0 Å². The van der Waals surface area contributed by atoms with Gasteiger partial charge in [0.15, 0.2) is 5.69 Å². The molecule has 0 N–H and O–H groups in total. The fourth-order valence-corrected chi connectivity index (χ4v) is 1.23. The maximum absolute atomic E-state index is 12.0. The molecular weight excluding hydrogens is 262 g/mol. The van der Waals surface area contributed by atoms with Gasteiger partial charge in [0.1, 0.15) is 16.8 Å². The number of ether oxygens (including phenoxy) is 2. The molecule has 0 saturated carbocycles. The Bertz CT molecular complexity index is 468. The van der Waals surface area contributed by atoms with Crippen molar-refractivity contribution in [3.05, 3.63) is 17.5 Å². The summed E-state index contributed by atoms with van der Waals surface area (Å²) in [6.45, 7) is 10.3. The molecule has 0 fully saturated rings. The third-order valence-corrected chi connectivity index (χ3v) is 1.85. The lowest BCUT2D eigenvalue weighted by Gasteiger charge is -2.21. The molecule has 0 saturated heterocycles. The van der Waals surface area contributed by atoms with Gasteiger partial charge < -0.3 is 9.47 Å². The number of hydrogen-bond donors (Lipinski definition) is 0. The van der Waals surface area contributed by atoms with E-state index < -0.39 is 23.1 Å². The molecule has 0 atom stereocenters. The summed E-state index contributed by atoms with van der Waals surface area (Å²) in [6.07, 6.45) is 1.14. The standard InChI is InChI=1S/C13H19N3O4/c1-12(2,3)19-10(17)8-7-14-16-15-9(8)11(18)20-13(4,5)6/h7H,1-6H3. The van der Waals surface area contributed by atoms with Crippen molar-refractivity contribution < 1.29 is 19.1 Å². The summed E-state index contributed by atoms with van der Waals surface area (Å²) >= 11 is 0. The molecule has 1 heterocycles. The Kier molecular flexibility index (Phi) is 4.42. The monoisotopic (exact) mass is 281 g/mol. The minimum atomic E-state index is -0.742. The number of nitrogens with zero attached hydrogens (tertiary/aromatic N) is 3. The van der Waals surface area contributed by atoms with Crippen LogP contribution in [0.15, 0.2) is 6.20 Å². The molecule has 0 aliphatic heterocycles. The van der Waals surface area contributed by atoms with Crippen molar-refractivity contribution in [1.82, 2.24) is 15.4 Å². The molecule has 1 aromatic rings. The Morgan fingerprint density at radius 2 is 1.45 bits per heavy atom. The molecule has 0 aliphatic carbocycles. The van der Waals surface area contributed by atoms with Gasteiger partial charge in [-0.2, -0.15) is 0 Å². The summed E-state index contributed by atoms with van der Waals surface area (Å²) in [4.78, 5) is 24.0. The molecule has 0 amide bonds. The van der Waals surface area contributed by atoms with E-state index in [1.54, 1.807) is 41.5 Å². The number of hydrogen-bond acceptors (Lipinski definition) is 7. The van der Waals surface area contributed by atoms with Gasteiger partial charge in [-0.1, -0.05) is 0 Å². The van der Waals surface area contributed by atoms with Crippen LogP contribution in [0.3, 0.4) is 0 Å². The normalized spacial score (nSPS) is 11.9. The Hall–Kier alpha value is -2.05. The molecule has 0 aromatic carbocycles. The molecule has 110 valence electrons. The summed E-state index contributed by atoms with van der Waals surface area (Å²) in [7, 11) is 0. The summed E-state index contributed by atoms with van der Waals surface area (Å²) in [5.74, 6) is -1.44. The molecule has 1 rings (SSSR count). The van der Waals surface area contributed by atoms with Crippen LogP contribution in [-0.2, 0) is 9.47 Å². The van der Waals surface area contributed by atoms with E-state index >= 15 is 0 Å². The van der Waals surface area contributed by atoms with E-state index in [2.05, 4.69) is 15.4 Å². The zero-order valence-electron chi connectivity index (χ0n) is 12.6. The van der Waals surface area contributed by atoms with Gasteiger partial charge in [-0.05, 0) is 46.8 Å². The van der Waals surface area contributed by atoms with E-state index in [-0.39, 0.29) is 11.3 Å². The van der Waals surface area contributed by atoms with Crippen molar-refractivity contribution in [3.63, 3.8) is 0 Å². The predicted octanol–water partition coefficient (Wildman–Crippen LogP) is 1.78. The number of aromatic nitrogens is 3. The van der Waals surface area contributed by atoms with Gasteiger partial charge >= 0.3 is 11.9 Å². The van der Waals surface area contributed by atoms with E-state index in [1.165, 1.54) is 0 Å². The molecule has 7 heteroatoms. The number of rotatable bonds is 2. The third-order valence-electron chi connectivity index (χ3n) is 1.85. The highest BCUT2D eigenvalue weighted by Crippen LogP contribution is 2.16. The average molecular weight is 281 g/mol. The maximum Gasteiger partial charge on any atom is 0.360 e. The molecule has 20 heavy (non-hydrogen) atoms. The van der Waals surface area contributed by atoms with Crippen LogP contribution in [0.4, 0.5) is 0 Å². The third kappa shape index (κ3) is 4.91. The van der Waals surface area contributed by atoms with Crippen molar-refractivity contribution >= 4 is 11.9 Å². The highest BCUT2D eigenvalue weighted by Gasteiger charge is 2.28. The summed E-state index contributed by atoms with van der Waals surface area (Å²) < 4.78 is 10.4. The van der Waals surface area contributed by atoms with Crippen molar-refractivity contribution in [2.24, 2.45) is 0 Å². The van der Waals surface area contributed by atoms with E-state index in [9.17, 15) is 9.59 Å². The topological polar surface area (TPSA) is 91.3 Å². The Labute approximate surface area is 117 Å². The first kappa shape index (κ1) is 16.0. The van der Waals surface area contributed by atoms with Crippen LogP contribution in [0.25, 0.3) is 0 Å². The smallest absolute Gasteiger partial charge is 0.360 e. The lowest BCUT2D eigenvalue weighted by Crippen LogP contribution is -2.29. The van der Waals surface area contributed by atoms with Crippen LogP contribution in [0.1, 0.15) is 62.4 Å². The lowest BCUT2D eigenvalue weighted by molar-refractivity contribution is 0.00108. The Morgan fingerprint density at radius 3 is 1.95 bits per heavy atom. The molecule has 0 bridgehead atoms. The van der Waals surface area contributed by atoms with E-state index in [4.69, 9.17) is 9.47 Å². The summed E-state index contributed by atoms with van der Waals surface area (Å²) in [6, 6.07) is 0. The first-order valence-corrected chi connectivity index (χ1v) is 6.15. The fourth-order valence-electron chi connectivity index (χ4n) is 1.23. The van der Waals surface area contributed by atoms with Crippen LogP contribution in [0.2, 0.25) is 0 Å². The Balaban J connectivity index is 3.05. The minimum absolute atomic E-state index is 0.0656. The molecule has 0 radical (unpaired) electrons. The second-order valence-electron chi connectivity index (χ2n) is 6.20. The SMILES string of the molecule is CC(C)(C)OC(=O)c1cnnnc1C(=O)OC(C)(C)C. The fraction of sp³-hybridized carbons (Fsp3) is 0.615.